The smallest absolute Gasteiger partial charge is 0.216 e. The van der Waals surface area contributed by atoms with Gasteiger partial charge in [-0.1, -0.05) is 37.1 Å². The molecule has 0 fully saturated rings. The van der Waals surface area contributed by atoms with E-state index in [1.165, 1.54) is 0 Å². The maximum Gasteiger partial charge on any atom is 0.216 e. The van der Waals surface area contributed by atoms with E-state index in [2.05, 4.69) is 22.2 Å². The fraction of sp³-hybridized carbons (Fsp3) is 0.211. The molecular formula is C19H19ClN4OS. The van der Waals surface area contributed by atoms with E-state index in [1.54, 1.807) is 17.0 Å². The van der Waals surface area contributed by atoms with Crippen molar-refractivity contribution in [2.45, 2.75) is 19.8 Å². The van der Waals surface area contributed by atoms with E-state index in [0.29, 0.717) is 15.6 Å². The monoisotopic (exact) mass is 386 g/mol. The fourth-order valence-corrected chi connectivity index (χ4v) is 2.72. The summed E-state index contributed by atoms with van der Waals surface area (Å²) >= 11 is 11.5. The molecule has 5 nitrogen and oxygen atoms in total. The van der Waals surface area contributed by atoms with Crippen molar-refractivity contribution in [3.63, 3.8) is 0 Å². The number of ether oxygens (including phenoxy) is 1. The summed E-state index contributed by atoms with van der Waals surface area (Å²) in [6.07, 6.45) is 3.89. The van der Waals surface area contributed by atoms with Crippen LogP contribution in [0.25, 0.3) is 11.4 Å². The van der Waals surface area contributed by atoms with Crippen molar-refractivity contribution in [3.8, 4) is 17.1 Å². The Balaban J connectivity index is 1.80. The van der Waals surface area contributed by atoms with Crippen LogP contribution in [0, 0.1) is 4.77 Å². The summed E-state index contributed by atoms with van der Waals surface area (Å²) in [5.41, 5.74) is 1.69. The summed E-state index contributed by atoms with van der Waals surface area (Å²) < 4.78 is 7.62. The Kier molecular flexibility index (Phi) is 6.20. The van der Waals surface area contributed by atoms with Crippen molar-refractivity contribution in [3.05, 3.63) is 63.9 Å². The van der Waals surface area contributed by atoms with Crippen molar-refractivity contribution in [2.75, 3.05) is 6.61 Å². The minimum absolute atomic E-state index is 0.399. The van der Waals surface area contributed by atoms with Gasteiger partial charge in [0, 0.05) is 5.56 Å². The molecule has 1 heterocycles. The maximum absolute atomic E-state index is 6.26. The first-order chi connectivity index (χ1) is 12.7. The van der Waals surface area contributed by atoms with E-state index in [4.69, 9.17) is 28.6 Å². The Morgan fingerprint density at radius 2 is 2.00 bits per heavy atom. The van der Waals surface area contributed by atoms with Crippen LogP contribution in [0.3, 0.4) is 0 Å². The fourth-order valence-electron chi connectivity index (χ4n) is 2.32. The first kappa shape index (κ1) is 18.4. The maximum atomic E-state index is 6.26. The second-order valence-corrected chi connectivity index (χ2v) is 6.45. The highest BCUT2D eigenvalue weighted by molar-refractivity contribution is 7.71. The molecule has 0 aliphatic heterocycles. The molecule has 0 bridgehead atoms. The van der Waals surface area contributed by atoms with E-state index >= 15 is 0 Å². The molecule has 26 heavy (non-hydrogen) atoms. The molecule has 1 aromatic heterocycles. The molecule has 0 amide bonds. The van der Waals surface area contributed by atoms with Crippen molar-refractivity contribution in [1.29, 1.82) is 0 Å². The number of halogens is 1. The van der Waals surface area contributed by atoms with Crippen LogP contribution in [0.4, 0.5) is 0 Å². The molecule has 0 spiro atoms. The molecule has 2 aromatic carbocycles. The van der Waals surface area contributed by atoms with Crippen LogP contribution in [-0.4, -0.2) is 27.7 Å². The molecule has 1 N–H and O–H groups in total. The molecule has 0 atom stereocenters. The van der Waals surface area contributed by atoms with Gasteiger partial charge in [0.25, 0.3) is 0 Å². The number of unbranched alkanes of at least 4 members (excludes halogenated alkanes) is 1. The van der Waals surface area contributed by atoms with E-state index in [-0.39, 0.29) is 0 Å². The van der Waals surface area contributed by atoms with Gasteiger partial charge in [-0.2, -0.15) is 14.9 Å². The van der Waals surface area contributed by atoms with Crippen LogP contribution in [0.1, 0.15) is 25.3 Å². The Bertz CT molecular complexity index is 947. The number of nitrogens with one attached hydrogen (secondary N) is 1. The predicted octanol–water partition coefficient (Wildman–Crippen LogP) is 5.32. The van der Waals surface area contributed by atoms with Gasteiger partial charge in [-0.3, -0.25) is 0 Å². The average molecular weight is 387 g/mol. The van der Waals surface area contributed by atoms with Crippen LogP contribution < -0.4 is 4.74 Å². The molecule has 0 saturated carbocycles. The van der Waals surface area contributed by atoms with Gasteiger partial charge in [-0.05, 0) is 60.6 Å². The number of hydrogen-bond donors (Lipinski definition) is 1. The summed E-state index contributed by atoms with van der Waals surface area (Å²) in [4.78, 5) is 0. The second-order valence-electron chi connectivity index (χ2n) is 5.66. The van der Waals surface area contributed by atoms with Gasteiger partial charge in [0.1, 0.15) is 5.75 Å². The topological polar surface area (TPSA) is 55.2 Å². The molecule has 3 rings (SSSR count). The number of aromatic amines is 1. The van der Waals surface area contributed by atoms with Crippen molar-refractivity contribution in [1.82, 2.24) is 14.9 Å². The predicted molar refractivity (Wildman–Crippen MR) is 108 cm³/mol. The Labute approximate surface area is 162 Å². The minimum Gasteiger partial charge on any atom is -0.494 e. The highest BCUT2D eigenvalue weighted by Gasteiger charge is 2.11. The molecular weight excluding hydrogens is 368 g/mol. The number of nitrogens with zero attached hydrogens (tertiary/aromatic N) is 3. The lowest BCUT2D eigenvalue weighted by Gasteiger charge is -2.05. The van der Waals surface area contributed by atoms with Gasteiger partial charge >= 0.3 is 0 Å². The summed E-state index contributed by atoms with van der Waals surface area (Å²) in [5, 5.41) is 12.0. The van der Waals surface area contributed by atoms with Crippen molar-refractivity contribution < 1.29 is 4.74 Å². The highest BCUT2D eigenvalue weighted by Crippen LogP contribution is 2.25. The zero-order valence-electron chi connectivity index (χ0n) is 14.4. The van der Waals surface area contributed by atoms with E-state index < -0.39 is 0 Å². The lowest BCUT2D eigenvalue weighted by Crippen LogP contribution is -1.97. The van der Waals surface area contributed by atoms with Gasteiger partial charge in [-0.15, -0.1) is 0 Å². The first-order valence-corrected chi connectivity index (χ1v) is 9.17. The van der Waals surface area contributed by atoms with Crippen molar-refractivity contribution in [2.24, 2.45) is 5.10 Å². The van der Waals surface area contributed by atoms with Gasteiger partial charge in [0.15, 0.2) is 5.82 Å². The van der Waals surface area contributed by atoms with Crippen LogP contribution >= 0.6 is 23.8 Å². The second kappa shape index (κ2) is 8.78. The Morgan fingerprint density at radius 3 is 2.73 bits per heavy atom. The van der Waals surface area contributed by atoms with Gasteiger partial charge in [-0.25, -0.2) is 5.10 Å². The summed E-state index contributed by atoms with van der Waals surface area (Å²) in [6.45, 7) is 2.87. The third kappa shape index (κ3) is 4.39. The number of rotatable bonds is 7. The number of hydrogen-bond acceptors (Lipinski definition) is 4. The molecule has 0 radical (unpaired) electrons. The summed E-state index contributed by atoms with van der Waals surface area (Å²) in [6, 6.07) is 15.2. The van der Waals surface area contributed by atoms with Gasteiger partial charge < -0.3 is 4.74 Å². The van der Waals surface area contributed by atoms with E-state index in [0.717, 1.165) is 36.3 Å². The average Bonchev–Trinajstić information content (AvgIpc) is 3.02. The molecule has 0 saturated heterocycles. The zero-order valence-corrected chi connectivity index (χ0v) is 15.9. The van der Waals surface area contributed by atoms with E-state index in [1.807, 2.05) is 42.5 Å². The number of aromatic nitrogens is 3. The van der Waals surface area contributed by atoms with Crippen LogP contribution in [0.15, 0.2) is 53.6 Å². The summed E-state index contributed by atoms with van der Waals surface area (Å²) in [5.74, 6) is 1.42. The van der Waals surface area contributed by atoms with Gasteiger partial charge in [0.2, 0.25) is 4.77 Å². The first-order valence-electron chi connectivity index (χ1n) is 8.38. The van der Waals surface area contributed by atoms with Crippen molar-refractivity contribution >= 4 is 30.0 Å². The zero-order chi connectivity index (χ0) is 18.4. The summed E-state index contributed by atoms with van der Waals surface area (Å²) in [7, 11) is 0. The molecule has 7 heteroatoms. The van der Waals surface area contributed by atoms with Crippen LogP contribution in [0.5, 0.6) is 5.75 Å². The normalized spacial score (nSPS) is 11.2. The molecule has 0 aliphatic carbocycles. The third-order valence-electron chi connectivity index (χ3n) is 3.73. The lowest BCUT2D eigenvalue weighted by molar-refractivity contribution is 0.309. The molecule has 3 aromatic rings. The number of benzene rings is 2. The van der Waals surface area contributed by atoms with Gasteiger partial charge in [0.05, 0.1) is 17.8 Å². The minimum atomic E-state index is 0.399. The molecule has 0 aliphatic rings. The molecule has 134 valence electrons. The standard InChI is InChI=1S/C19H19ClN4OS/c1-2-3-12-25-15-10-8-14(9-11-15)13-21-24-18(22-23-19(24)26)16-6-4-5-7-17(16)20/h4-11,13H,2-3,12H2,1H3,(H,23,26)/b21-13-. The molecule has 0 unspecified atom stereocenters. The quantitative estimate of drug-likeness (QED) is 0.339. The number of H-pyrrole nitrogens is 1. The van der Waals surface area contributed by atoms with E-state index in [9.17, 15) is 0 Å². The highest BCUT2D eigenvalue weighted by atomic mass is 35.5. The Hall–Kier alpha value is -2.44. The third-order valence-corrected chi connectivity index (χ3v) is 4.33. The SMILES string of the molecule is CCCCOc1ccc(/C=N\n2c(-c3ccccc3Cl)n[nH]c2=S)cc1. The van der Waals surface area contributed by atoms with Crippen LogP contribution in [0.2, 0.25) is 5.02 Å². The largest absolute Gasteiger partial charge is 0.494 e. The van der Waals surface area contributed by atoms with Crippen LogP contribution in [-0.2, 0) is 0 Å². The Morgan fingerprint density at radius 1 is 1.23 bits per heavy atom. The lowest BCUT2D eigenvalue weighted by atomic mass is 10.2.